The molecular formula is C36H38FIrNO3-2. The second-order valence-electron chi connectivity index (χ2n) is 11.4. The third-order valence-corrected chi connectivity index (χ3v) is 7.67. The number of benzene rings is 3. The summed E-state index contributed by atoms with van der Waals surface area (Å²) in [5.41, 5.74) is 4.51. The molecule has 4 aromatic rings. The maximum Gasteiger partial charge on any atom is 0.161 e. The molecule has 223 valence electrons. The molecule has 1 radical (unpaired) electrons. The number of alkyl halides is 1. The van der Waals surface area contributed by atoms with Crippen LogP contribution in [0.3, 0.4) is 0 Å². The first-order chi connectivity index (χ1) is 21.2. The van der Waals surface area contributed by atoms with E-state index in [-0.39, 0.29) is 55.5 Å². The molecule has 6 rings (SSSR count). The first-order valence-corrected chi connectivity index (χ1v) is 14.2. The number of hydrogen-bond acceptors (Lipinski definition) is 3. The quantitative estimate of drug-likeness (QED) is 0.126. The minimum Gasteiger partial charge on any atom is -0.682 e. The number of para-hydroxylation sites is 1. The number of ketones is 1. The molecule has 0 saturated heterocycles. The minimum atomic E-state index is -2.33. The predicted octanol–water partition coefficient (Wildman–Crippen LogP) is 10.1. The van der Waals surface area contributed by atoms with Gasteiger partial charge in [-0.1, -0.05) is 94.0 Å². The summed E-state index contributed by atoms with van der Waals surface area (Å²) in [6, 6.07) is 17.6. The van der Waals surface area contributed by atoms with Gasteiger partial charge in [-0.15, -0.1) is 5.56 Å². The van der Waals surface area contributed by atoms with E-state index >= 15 is 0 Å². The first kappa shape index (κ1) is 26.4. The number of allylic oxidation sites excluding steroid dienone is 2. The van der Waals surface area contributed by atoms with Gasteiger partial charge < -0.3 is 14.8 Å². The normalized spacial score (nSPS) is 23.3. The van der Waals surface area contributed by atoms with Crippen LogP contribution in [0.4, 0.5) is 4.39 Å². The van der Waals surface area contributed by atoms with E-state index in [2.05, 4.69) is 11.4 Å². The number of furan rings is 1. The summed E-state index contributed by atoms with van der Waals surface area (Å²) in [6.07, 6.45) is 5.07. The topological polar surface area (TPSA) is 64.5 Å². The summed E-state index contributed by atoms with van der Waals surface area (Å²) in [6.45, 7) is 4.99. The van der Waals surface area contributed by atoms with E-state index in [0.29, 0.717) is 29.6 Å². The largest absolute Gasteiger partial charge is 0.682 e. The van der Waals surface area contributed by atoms with Crippen molar-refractivity contribution in [3.8, 4) is 0 Å². The van der Waals surface area contributed by atoms with E-state index in [0.717, 1.165) is 27.5 Å². The molecular weight excluding hydrogens is 706 g/mol. The molecule has 1 fully saturated rings. The van der Waals surface area contributed by atoms with Gasteiger partial charge in [0.15, 0.2) is 5.78 Å². The Hall–Kier alpha value is -3.21. The Morgan fingerprint density at radius 3 is 2.62 bits per heavy atom. The summed E-state index contributed by atoms with van der Waals surface area (Å²) >= 11 is 0. The number of hydrogen-bond donors (Lipinski definition) is 1. The Morgan fingerprint density at radius 2 is 1.93 bits per heavy atom. The number of halogens is 1. The molecule has 3 atom stereocenters. The van der Waals surface area contributed by atoms with Crippen molar-refractivity contribution in [1.82, 2.24) is 0 Å². The van der Waals surface area contributed by atoms with Gasteiger partial charge in [0.1, 0.15) is 11.8 Å². The van der Waals surface area contributed by atoms with Crippen molar-refractivity contribution < 1.29 is 44.3 Å². The molecule has 1 aliphatic heterocycles. The third kappa shape index (κ3) is 6.71. The van der Waals surface area contributed by atoms with Crippen LogP contribution in [0, 0.1) is 24.8 Å². The van der Waals surface area contributed by atoms with Gasteiger partial charge in [0.2, 0.25) is 0 Å². The molecule has 1 aromatic heterocycles. The van der Waals surface area contributed by atoms with Crippen LogP contribution in [0.15, 0.2) is 71.0 Å². The fourth-order valence-electron chi connectivity index (χ4n) is 5.23. The van der Waals surface area contributed by atoms with Crippen LogP contribution in [0.5, 0.6) is 0 Å². The zero-order valence-electron chi connectivity index (χ0n) is 28.2. The Bertz CT molecular complexity index is 1800. The van der Waals surface area contributed by atoms with Crippen LogP contribution in [-0.4, -0.2) is 17.1 Å². The van der Waals surface area contributed by atoms with Gasteiger partial charge in [-0.3, -0.25) is 4.79 Å². The van der Waals surface area contributed by atoms with Crippen LogP contribution in [0.1, 0.15) is 92.2 Å². The summed E-state index contributed by atoms with van der Waals surface area (Å²) in [7, 11) is 0. The zero-order chi connectivity index (χ0) is 32.7. The summed E-state index contributed by atoms with van der Waals surface area (Å²) < 4.78 is 52.9. The maximum absolute atomic E-state index is 13.9. The van der Waals surface area contributed by atoms with E-state index in [9.17, 15) is 14.3 Å². The monoisotopic (exact) mass is 748 g/mol. The van der Waals surface area contributed by atoms with Gasteiger partial charge in [-0.2, -0.15) is 23.9 Å². The molecule has 4 nitrogen and oxygen atoms in total. The molecule has 1 saturated carbocycles. The summed E-state index contributed by atoms with van der Waals surface area (Å²) in [5, 5.41) is 15.4. The maximum atomic E-state index is 13.9. The van der Waals surface area contributed by atoms with E-state index in [1.54, 1.807) is 12.3 Å². The van der Waals surface area contributed by atoms with Gasteiger partial charge in [-0.25, -0.2) is 4.39 Å². The number of fused-ring (bicyclic) bond motifs is 4. The fraction of sp³-hybridized carbons (Fsp3) is 0.361. The number of aliphatic hydroxyl groups is 1. The first-order valence-electron chi connectivity index (χ1n) is 16.2. The smallest absolute Gasteiger partial charge is 0.161 e. The molecule has 1 N–H and O–H groups in total. The van der Waals surface area contributed by atoms with Gasteiger partial charge in [0.25, 0.3) is 0 Å². The predicted molar refractivity (Wildman–Crippen MR) is 165 cm³/mol. The average molecular weight is 748 g/mol. The zero-order valence-corrected chi connectivity index (χ0v) is 26.6. The van der Waals surface area contributed by atoms with Gasteiger partial charge in [-0.05, 0) is 42.3 Å². The van der Waals surface area contributed by atoms with E-state index in [1.807, 2.05) is 76.2 Å². The molecule has 0 spiro atoms. The minimum absolute atomic E-state index is 0. The molecule has 0 bridgehead atoms. The Morgan fingerprint density at radius 1 is 1.14 bits per heavy atom. The number of aryl methyl sites for hydroxylation is 1. The van der Waals surface area contributed by atoms with Gasteiger partial charge >= 0.3 is 0 Å². The van der Waals surface area contributed by atoms with Crippen LogP contribution in [0.25, 0.3) is 33.3 Å². The number of carbonyl (C=O) groups is 1. The molecule has 0 amide bonds. The third-order valence-electron chi connectivity index (χ3n) is 7.67. The van der Waals surface area contributed by atoms with Crippen molar-refractivity contribution in [1.29, 1.82) is 0 Å². The standard InChI is InChI=1S/C27H22FNO.C9H16O2.Ir/c1-16-12-23-22-4-2-3-5-25(22)30-27(23)24(13-16)26-21-9-7-17(14-19(21)10-11-29-26)18-6-8-20(28)15-18;1-6(2)8(10)5-9(11)7(3)4;/h2-5,7,9-12,14,18,20,26H,6,8,15H2,1H3;5-7,10H,1-4H3;/q-2;;/b;8-5-;/i1D3,18D;;. The number of aliphatic hydroxyl groups excluding tert-OH is 1. The summed E-state index contributed by atoms with van der Waals surface area (Å²) in [4.78, 5) is 11.0. The van der Waals surface area contributed by atoms with Crippen molar-refractivity contribution in [2.45, 2.75) is 71.9 Å². The van der Waals surface area contributed by atoms with E-state index < -0.39 is 25.0 Å². The molecule has 3 aromatic carbocycles. The average Bonchev–Trinajstić information content (AvgIpc) is 3.55. The summed E-state index contributed by atoms with van der Waals surface area (Å²) in [5.74, 6) is -0.764. The Labute approximate surface area is 267 Å². The van der Waals surface area contributed by atoms with Gasteiger partial charge in [0.05, 0.1) is 5.76 Å². The fourth-order valence-corrected chi connectivity index (χ4v) is 5.23. The number of rotatable bonds is 5. The van der Waals surface area contributed by atoms with Crippen LogP contribution >= 0.6 is 0 Å². The van der Waals surface area contributed by atoms with Crippen molar-refractivity contribution >= 4 is 33.8 Å². The Balaban J connectivity index is 0.000000346. The molecule has 1 aliphatic carbocycles. The number of carbonyl (C=O) groups excluding carboxylic acids is 1. The van der Waals surface area contributed by atoms with Crippen LogP contribution in [0.2, 0.25) is 0 Å². The molecule has 3 unspecified atom stereocenters. The van der Waals surface area contributed by atoms with Crippen molar-refractivity contribution in [3.05, 3.63) is 106 Å². The molecule has 6 heteroatoms. The SMILES string of the molecule is CC(C)C(=O)/C=C(\O)C(C)C.[2H]C([2H])([2H])c1[c-]c(C2[N-]C=Cc3cc(C4([2H])CCC(F)C4)ccc32)c2oc3ccccc3c2c1.[Ir]. The van der Waals surface area contributed by atoms with Crippen LogP contribution < -0.4 is 0 Å². The van der Waals surface area contributed by atoms with Crippen molar-refractivity contribution in [2.75, 3.05) is 0 Å². The molecule has 42 heavy (non-hydrogen) atoms. The van der Waals surface area contributed by atoms with E-state index in [4.69, 9.17) is 9.90 Å². The van der Waals surface area contributed by atoms with Gasteiger partial charge in [0, 0.05) is 54.5 Å². The van der Waals surface area contributed by atoms with E-state index in [1.165, 1.54) is 6.08 Å². The number of nitrogens with zero attached hydrogens (tertiary/aromatic N) is 1. The molecule has 2 aliphatic rings. The second kappa shape index (κ2) is 13.4. The second-order valence-corrected chi connectivity index (χ2v) is 11.4. The Kier molecular flexibility index (Phi) is 8.43. The van der Waals surface area contributed by atoms with Crippen molar-refractivity contribution in [3.63, 3.8) is 0 Å². The molecule has 2 heterocycles. The van der Waals surface area contributed by atoms with Crippen molar-refractivity contribution in [2.24, 2.45) is 11.8 Å². The van der Waals surface area contributed by atoms with Crippen LogP contribution in [-0.2, 0) is 24.9 Å².